The van der Waals surface area contributed by atoms with E-state index in [1.807, 2.05) is 18.3 Å². The molecule has 0 spiro atoms. The number of thiophene rings is 1. The van der Waals surface area contributed by atoms with Crippen LogP contribution >= 0.6 is 11.3 Å². The summed E-state index contributed by atoms with van der Waals surface area (Å²) < 4.78 is 20.1. The molecular formula is C22H23FN6OS. The summed E-state index contributed by atoms with van der Waals surface area (Å²) in [5.41, 5.74) is 3.88. The van der Waals surface area contributed by atoms with Crippen LogP contribution < -0.4 is 4.90 Å². The lowest BCUT2D eigenvalue weighted by atomic mass is 10.1. The molecule has 0 saturated carbocycles. The summed E-state index contributed by atoms with van der Waals surface area (Å²) in [5.74, 6) is 1.65. The van der Waals surface area contributed by atoms with Crippen LogP contribution in [0.5, 0.6) is 0 Å². The Morgan fingerprint density at radius 2 is 2.19 bits per heavy atom. The maximum atomic E-state index is 13.4. The molecule has 0 bridgehead atoms. The first-order chi connectivity index (χ1) is 15.2. The maximum absolute atomic E-state index is 13.4. The molecule has 6 heterocycles. The molecule has 0 radical (unpaired) electrons. The molecule has 0 amide bonds. The van der Waals surface area contributed by atoms with Crippen molar-refractivity contribution in [2.24, 2.45) is 0 Å². The second-order valence-corrected chi connectivity index (χ2v) is 9.20. The topological polar surface area (TPSA) is 70.2 Å². The van der Waals surface area contributed by atoms with Gasteiger partial charge in [0.05, 0.1) is 29.5 Å². The van der Waals surface area contributed by atoms with Crippen LogP contribution in [-0.2, 0) is 11.3 Å². The van der Waals surface area contributed by atoms with Gasteiger partial charge >= 0.3 is 0 Å². The van der Waals surface area contributed by atoms with Gasteiger partial charge in [-0.1, -0.05) is 0 Å². The Morgan fingerprint density at radius 3 is 3.03 bits per heavy atom. The fraction of sp³-hybridized carbons (Fsp3) is 0.409. The second kappa shape index (κ2) is 7.51. The van der Waals surface area contributed by atoms with Gasteiger partial charge in [-0.2, -0.15) is 0 Å². The number of hydrogen-bond acceptors (Lipinski definition) is 7. The highest BCUT2D eigenvalue weighted by Gasteiger charge is 2.29. The van der Waals surface area contributed by atoms with Crippen molar-refractivity contribution in [3.63, 3.8) is 0 Å². The molecule has 4 aromatic heterocycles. The number of alkyl halides is 1. The highest BCUT2D eigenvalue weighted by atomic mass is 32.1. The number of likely N-dealkylation sites (tertiary alicyclic amines) is 1. The van der Waals surface area contributed by atoms with Gasteiger partial charge in [0.25, 0.3) is 0 Å². The van der Waals surface area contributed by atoms with E-state index in [0.29, 0.717) is 38.7 Å². The molecule has 0 aromatic carbocycles. The minimum Gasteiger partial charge on any atom is -0.377 e. The molecule has 9 heteroatoms. The lowest BCUT2D eigenvalue weighted by Crippen LogP contribution is -2.47. The Balaban J connectivity index is 1.52. The van der Waals surface area contributed by atoms with E-state index >= 15 is 0 Å². The van der Waals surface area contributed by atoms with Crippen molar-refractivity contribution in [1.82, 2.24) is 24.8 Å². The van der Waals surface area contributed by atoms with Crippen molar-refractivity contribution in [3.05, 3.63) is 35.5 Å². The number of nitrogens with zero attached hydrogens (tertiary/aromatic N) is 5. The van der Waals surface area contributed by atoms with Crippen LogP contribution in [0.4, 0.5) is 10.2 Å². The van der Waals surface area contributed by atoms with E-state index in [-0.39, 0.29) is 6.04 Å². The molecular weight excluding hydrogens is 415 g/mol. The molecule has 2 aliphatic heterocycles. The summed E-state index contributed by atoms with van der Waals surface area (Å²) in [5, 5.41) is 3.16. The van der Waals surface area contributed by atoms with Crippen LogP contribution in [0.3, 0.4) is 0 Å². The van der Waals surface area contributed by atoms with Gasteiger partial charge in [-0.05, 0) is 24.4 Å². The minimum atomic E-state index is -0.710. The number of halogens is 1. The molecule has 7 nitrogen and oxygen atoms in total. The minimum absolute atomic E-state index is 0.234. The number of fused-ring (bicyclic) bond motifs is 2. The SMILES string of the molecule is C[C@@H]1COCCN1c1nc(-c2ccnc3[nH]ccc23)nc2c(CN3CC(F)C3)csc12. The lowest BCUT2D eigenvalue weighted by Gasteiger charge is -2.35. The van der Waals surface area contributed by atoms with E-state index in [2.05, 4.69) is 32.1 Å². The Hall–Kier alpha value is -2.62. The molecule has 4 aromatic rings. The fourth-order valence-corrected chi connectivity index (χ4v) is 5.46. The largest absolute Gasteiger partial charge is 0.377 e. The molecule has 1 N–H and O–H groups in total. The van der Waals surface area contributed by atoms with Crippen molar-refractivity contribution in [1.29, 1.82) is 0 Å². The van der Waals surface area contributed by atoms with Gasteiger partial charge in [0.2, 0.25) is 0 Å². The summed E-state index contributed by atoms with van der Waals surface area (Å²) in [7, 11) is 0. The zero-order valence-electron chi connectivity index (χ0n) is 17.2. The number of pyridine rings is 1. The van der Waals surface area contributed by atoms with Crippen molar-refractivity contribution < 1.29 is 9.13 Å². The number of aromatic amines is 1. The highest BCUT2D eigenvalue weighted by molar-refractivity contribution is 7.18. The number of rotatable bonds is 4. The van der Waals surface area contributed by atoms with Gasteiger partial charge in [0, 0.05) is 55.1 Å². The van der Waals surface area contributed by atoms with E-state index in [4.69, 9.17) is 14.7 Å². The number of H-pyrrole nitrogens is 1. The third-order valence-corrected chi connectivity index (χ3v) is 7.13. The molecule has 6 rings (SSSR count). The van der Waals surface area contributed by atoms with Gasteiger partial charge in [-0.3, -0.25) is 4.90 Å². The molecule has 2 aliphatic rings. The van der Waals surface area contributed by atoms with E-state index in [0.717, 1.165) is 44.7 Å². The van der Waals surface area contributed by atoms with Crippen LogP contribution in [0, 0.1) is 0 Å². The van der Waals surface area contributed by atoms with Gasteiger partial charge in [-0.15, -0.1) is 11.3 Å². The first-order valence-electron chi connectivity index (χ1n) is 10.6. The molecule has 0 aliphatic carbocycles. The van der Waals surface area contributed by atoms with Crippen LogP contribution in [0.2, 0.25) is 0 Å². The molecule has 2 fully saturated rings. The van der Waals surface area contributed by atoms with E-state index < -0.39 is 6.17 Å². The van der Waals surface area contributed by atoms with Crippen molar-refractivity contribution >= 4 is 38.4 Å². The fourth-order valence-electron chi connectivity index (χ4n) is 4.45. The third kappa shape index (κ3) is 3.28. The summed E-state index contributed by atoms with van der Waals surface area (Å²) in [6.45, 7) is 6.04. The first kappa shape index (κ1) is 19.1. The highest BCUT2D eigenvalue weighted by Crippen LogP contribution is 2.37. The summed E-state index contributed by atoms with van der Waals surface area (Å²) in [6, 6.07) is 4.22. The summed E-state index contributed by atoms with van der Waals surface area (Å²) >= 11 is 1.68. The summed E-state index contributed by atoms with van der Waals surface area (Å²) in [4.78, 5) is 22.1. The predicted octanol–water partition coefficient (Wildman–Crippen LogP) is 3.61. The first-order valence-corrected chi connectivity index (χ1v) is 11.5. The molecule has 31 heavy (non-hydrogen) atoms. The normalized spacial score (nSPS) is 20.6. The predicted molar refractivity (Wildman–Crippen MR) is 120 cm³/mol. The van der Waals surface area contributed by atoms with Crippen molar-refractivity contribution in [3.8, 4) is 11.4 Å². The zero-order chi connectivity index (χ0) is 20.9. The Labute approximate surface area is 182 Å². The van der Waals surface area contributed by atoms with Gasteiger partial charge in [0.1, 0.15) is 11.8 Å². The summed E-state index contributed by atoms with van der Waals surface area (Å²) in [6.07, 6.45) is 2.96. The Kier molecular flexibility index (Phi) is 4.62. The van der Waals surface area contributed by atoms with E-state index in [1.165, 1.54) is 0 Å². The molecule has 1 atom stereocenters. The number of nitrogens with one attached hydrogen (secondary N) is 1. The molecule has 0 unspecified atom stereocenters. The van der Waals surface area contributed by atoms with Crippen LogP contribution in [-0.4, -0.2) is 69.9 Å². The number of ether oxygens (including phenoxy) is 1. The standard InChI is InChI=1S/C22H23FN6OS/c1-13-11-30-7-6-29(13)22-19-18(14(12-31-19)8-28-9-15(23)10-28)26-21(27-22)17-3-5-25-20-16(17)2-4-24-20/h2-5,12-13,15H,6-11H2,1H3,(H,24,25)/t13-/m1/s1. The quantitative estimate of drug-likeness (QED) is 0.525. The van der Waals surface area contributed by atoms with Crippen LogP contribution in [0.25, 0.3) is 32.6 Å². The number of anilines is 1. The van der Waals surface area contributed by atoms with Crippen LogP contribution in [0.1, 0.15) is 12.5 Å². The number of hydrogen-bond donors (Lipinski definition) is 1. The monoisotopic (exact) mass is 438 g/mol. The van der Waals surface area contributed by atoms with Crippen molar-refractivity contribution in [2.45, 2.75) is 25.7 Å². The zero-order valence-corrected chi connectivity index (χ0v) is 18.0. The van der Waals surface area contributed by atoms with Gasteiger partial charge in [0.15, 0.2) is 11.6 Å². The maximum Gasteiger partial charge on any atom is 0.163 e. The molecule has 160 valence electrons. The second-order valence-electron chi connectivity index (χ2n) is 8.32. The van der Waals surface area contributed by atoms with E-state index in [9.17, 15) is 4.39 Å². The smallest absolute Gasteiger partial charge is 0.163 e. The number of aromatic nitrogens is 4. The average Bonchev–Trinajstić information content (AvgIpc) is 3.39. The lowest BCUT2D eigenvalue weighted by molar-refractivity contribution is 0.0595. The van der Waals surface area contributed by atoms with Crippen LogP contribution in [0.15, 0.2) is 29.9 Å². The Bertz CT molecular complexity index is 1250. The van der Waals surface area contributed by atoms with Crippen molar-refractivity contribution in [2.75, 3.05) is 37.7 Å². The third-order valence-electron chi connectivity index (χ3n) is 6.12. The van der Waals surface area contributed by atoms with Gasteiger partial charge < -0.3 is 14.6 Å². The van der Waals surface area contributed by atoms with E-state index in [1.54, 1.807) is 17.5 Å². The Morgan fingerprint density at radius 1 is 1.29 bits per heavy atom. The molecule has 2 saturated heterocycles. The van der Waals surface area contributed by atoms with Gasteiger partial charge in [-0.25, -0.2) is 19.3 Å². The average molecular weight is 439 g/mol. The number of morpholine rings is 1.